The van der Waals surface area contributed by atoms with Gasteiger partial charge >= 0.3 is 11.9 Å². The molecule has 0 spiro atoms. The molecular weight excluding hydrogens is 419 g/mol. The third-order valence-electron chi connectivity index (χ3n) is 5.50. The van der Waals surface area contributed by atoms with Crippen LogP contribution in [0.5, 0.6) is 0 Å². The van der Waals surface area contributed by atoms with Gasteiger partial charge in [0, 0.05) is 35.8 Å². The molecule has 0 aromatic heterocycles. The summed E-state index contributed by atoms with van der Waals surface area (Å²) in [6.07, 6.45) is 1.70. The first-order valence-electron chi connectivity index (χ1n) is 9.93. The second-order valence-electron chi connectivity index (χ2n) is 7.52. The highest BCUT2D eigenvalue weighted by Gasteiger charge is 2.31. The molecule has 1 aliphatic heterocycles. The third kappa shape index (κ3) is 6.61. The SMILES string of the molecule is Fc1cccc(Cl)c1CN(C1CCCC1)[C@H]1CCNC1.O=C(O)C(O)C(O)C(=O)O. The van der Waals surface area contributed by atoms with Crippen molar-refractivity contribution in [1.82, 2.24) is 10.2 Å². The highest BCUT2D eigenvalue weighted by atomic mass is 35.5. The molecule has 168 valence electrons. The Bertz CT molecular complexity index is 671. The fourth-order valence-corrected chi connectivity index (χ4v) is 4.07. The summed E-state index contributed by atoms with van der Waals surface area (Å²) in [6.45, 7) is 2.73. The molecule has 3 atom stereocenters. The van der Waals surface area contributed by atoms with Crippen molar-refractivity contribution in [2.75, 3.05) is 13.1 Å². The standard InChI is InChI=1S/C16H22ClFN2.C4H6O6/c17-15-6-3-7-16(18)14(15)11-20(12-4-1-2-5-12)13-8-9-19-10-13;5-1(3(7)8)2(6)4(9)10/h3,6-7,12-13,19H,1-2,4-5,8-11H2;1-2,5-6H,(H,7,8)(H,9,10)/t13-;/m0./s1. The van der Waals surface area contributed by atoms with E-state index in [2.05, 4.69) is 10.2 Å². The molecule has 0 bridgehead atoms. The van der Waals surface area contributed by atoms with Crippen LogP contribution in [0, 0.1) is 5.82 Å². The van der Waals surface area contributed by atoms with Crippen molar-refractivity contribution in [3.63, 3.8) is 0 Å². The average Bonchev–Trinajstić information content (AvgIpc) is 3.41. The highest BCUT2D eigenvalue weighted by molar-refractivity contribution is 6.31. The highest BCUT2D eigenvalue weighted by Crippen LogP contribution is 2.30. The average molecular weight is 447 g/mol. The Balaban J connectivity index is 0.000000274. The summed E-state index contributed by atoms with van der Waals surface area (Å²) in [5.74, 6) is -3.71. The topological polar surface area (TPSA) is 130 Å². The third-order valence-corrected chi connectivity index (χ3v) is 5.86. The van der Waals surface area contributed by atoms with Gasteiger partial charge in [-0.25, -0.2) is 14.0 Å². The second kappa shape index (κ2) is 11.6. The predicted molar refractivity (Wildman–Crippen MR) is 108 cm³/mol. The van der Waals surface area contributed by atoms with Crippen LogP contribution in [0.4, 0.5) is 4.39 Å². The van der Waals surface area contributed by atoms with Crippen LogP contribution in [0.2, 0.25) is 5.02 Å². The lowest BCUT2D eigenvalue weighted by Gasteiger charge is -2.34. The van der Waals surface area contributed by atoms with Gasteiger partial charge in [-0.2, -0.15) is 0 Å². The van der Waals surface area contributed by atoms with E-state index >= 15 is 0 Å². The van der Waals surface area contributed by atoms with Crippen LogP contribution in [-0.2, 0) is 16.1 Å². The van der Waals surface area contributed by atoms with Gasteiger partial charge in [0.25, 0.3) is 0 Å². The zero-order chi connectivity index (χ0) is 22.3. The lowest BCUT2D eigenvalue weighted by atomic mass is 10.1. The van der Waals surface area contributed by atoms with Gasteiger partial charge in [0.15, 0.2) is 12.2 Å². The Hall–Kier alpha value is -1.78. The van der Waals surface area contributed by atoms with Gasteiger partial charge in [-0.15, -0.1) is 0 Å². The van der Waals surface area contributed by atoms with Gasteiger partial charge in [0.1, 0.15) is 5.82 Å². The molecule has 1 heterocycles. The predicted octanol–water partition coefficient (Wildman–Crippen LogP) is 1.46. The zero-order valence-corrected chi connectivity index (χ0v) is 17.3. The van der Waals surface area contributed by atoms with Gasteiger partial charge in [-0.3, -0.25) is 4.90 Å². The Labute approximate surface area is 179 Å². The van der Waals surface area contributed by atoms with Gasteiger partial charge in [-0.05, 0) is 37.9 Å². The van der Waals surface area contributed by atoms with Crippen molar-refractivity contribution in [3.05, 3.63) is 34.6 Å². The molecule has 1 aliphatic carbocycles. The number of halogens is 2. The number of hydrogen-bond acceptors (Lipinski definition) is 6. The Morgan fingerprint density at radius 1 is 1.10 bits per heavy atom. The minimum Gasteiger partial charge on any atom is -0.479 e. The van der Waals surface area contributed by atoms with E-state index in [0.717, 1.165) is 19.5 Å². The first-order valence-corrected chi connectivity index (χ1v) is 10.3. The smallest absolute Gasteiger partial charge is 0.335 e. The summed E-state index contributed by atoms with van der Waals surface area (Å²) >= 11 is 6.20. The largest absolute Gasteiger partial charge is 0.479 e. The minimum absolute atomic E-state index is 0.175. The number of aliphatic hydroxyl groups is 2. The minimum atomic E-state index is -2.27. The van der Waals surface area contributed by atoms with Crippen LogP contribution < -0.4 is 5.32 Å². The maximum absolute atomic E-state index is 14.1. The van der Waals surface area contributed by atoms with Crippen LogP contribution in [0.3, 0.4) is 0 Å². The number of aliphatic carboxylic acids is 2. The number of rotatable bonds is 7. The zero-order valence-electron chi connectivity index (χ0n) is 16.5. The van der Waals surface area contributed by atoms with Crippen molar-refractivity contribution in [3.8, 4) is 0 Å². The van der Waals surface area contributed by atoms with E-state index in [1.54, 1.807) is 12.1 Å². The number of hydrogen-bond donors (Lipinski definition) is 5. The Kier molecular flexibility index (Phi) is 9.44. The summed E-state index contributed by atoms with van der Waals surface area (Å²) in [7, 11) is 0. The summed E-state index contributed by atoms with van der Waals surface area (Å²) in [5.41, 5.74) is 0.660. The summed E-state index contributed by atoms with van der Waals surface area (Å²) in [4.78, 5) is 22.0. The maximum Gasteiger partial charge on any atom is 0.335 e. The molecule has 3 rings (SSSR count). The number of carboxylic acids is 2. The van der Waals surface area contributed by atoms with E-state index in [0.29, 0.717) is 29.2 Å². The number of nitrogens with zero attached hydrogens (tertiary/aromatic N) is 1. The first-order chi connectivity index (χ1) is 14.2. The molecule has 2 aliphatic rings. The fraction of sp³-hybridized carbons (Fsp3) is 0.600. The van der Waals surface area contributed by atoms with E-state index in [4.69, 9.17) is 32.0 Å². The summed E-state index contributed by atoms with van der Waals surface area (Å²) < 4.78 is 14.1. The van der Waals surface area contributed by atoms with Crippen LogP contribution in [-0.4, -0.2) is 74.6 Å². The van der Waals surface area contributed by atoms with Crippen molar-refractivity contribution in [2.45, 2.75) is 62.9 Å². The van der Waals surface area contributed by atoms with Crippen LogP contribution in [0.15, 0.2) is 18.2 Å². The molecule has 2 unspecified atom stereocenters. The number of nitrogens with one attached hydrogen (secondary N) is 1. The van der Waals surface area contributed by atoms with Crippen molar-refractivity contribution >= 4 is 23.5 Å². The molecule has 30 heavy (non-hydrogen) atoms. The summed E-state index contributed by atoms with van der Waals surface area (Å²) in [6, 6.07) is 6.10. The molecule has 2 fully saturated rings. The molecule has 5 N–H and O–H groups in total. The maximum atomic E-state index is 14.1. The van der Waals surface area contributed by atoms with Crippen molar-refractivity contribution in [1.29, 1.82) is 0 Å². The van der Waals surface area contributed by atoms with Crippen LogP contribution >= 0.6 is 11.6 Å². The molecule has 1 aromatic rings. The van der Waals surface area contributed by atoms with Crippen molar-refractivity contribution in [2.24, 2.45) is 0 Å². The van der Waals surface area contributed by atoms with E-state index in [9.17, 15) is 14.0 Å². The number of benzene rings is 1. The van der Waals surface area contributed by atoms with Crippen molar-refractivity contribution < 1.29 is 34.4 Å². The van der Waals surface area contributed by atoms with E-state index in [-0.39, 0.29) is 5.82 Å². The summed E-state index contributed by atoms with van der Waals surface area (Å²) in [5, 5.41) is 36.5. The van der Waals surface area contributed by atoms with Crippen LogP contribution in [0.25, 0.3) is 0 Å². The lowest BCUT2D eigenvalue weighted by molar-refractivity contribution is -0.165. The monoisotopic (exact) mass is 446 g/mol. The molecule has 1 saturated carbocycles. The molecule has 0 amide bonds. The molecule has 1 saturated heterocycles. The van der Waals surface area contributed by atoms with Gasteiger partial charge in [0.05, 0.1) is 0 Å². The molecule has 10 heteroatoms. The molecular formula is C20H28ClFN2O6. The Morgan fingerprint density at radius 3 is 2.17 bits per heavy atom. The fourth-order valence-electron chi connectivity index (χ4n) is 3.85. The van der Waals surface area contributed by atoms with E-state index in [1.165, 1.54) is 31.7 Å². The first kappa shape index (κ1) is 24.5. The lowest BCUT2D eigenvalue weighted by Crippen LogP contribution is -2.42. The van der Waals surface area contributed by atoms with Gasteiger partial charge in [0.2, 0.25) is 0 Å². The molecule has 1 aromatic carbocycles. The van der Waals surface area contributed by atoms with E-state index < -0.39 is 24.1 Å². The number of aliphatic hydroxyl groups excluding tert-OH is 2. The second-order valence-corrected chi connectivity index (χ2v) is 7.93. The molecule has 8 nitrogen and oxygen atoms in total. The number of carbonyl (C=O) groups is 2. The normalized spacial score (nSPS) is 21.2. The molecule has 0 radical (unpaired) electrons. The van der Waals surface area contributed by atoms with Crippen LogP contribution in [0.1, 0.15) is 37.7 Å². The Morgan fingerprint density at radius 2 is 1.70 bits per heavy atom. The quantitative estimate of drug-likeness (QED) is 0.425. The van der Waals surface area contributed by atoms with E-state index in [1.807, 2.05) is 0 Å². The van der Waals surface area contributed by atoms with Gasteiger partial charge in [-0.1, -0.05) is 30.5 Å². The number of carboxylic acid groups (broad SMARTS) is 2. The van der Waals surface area contributed by atoms with Gasteiger partial charge < -0.3 is 25.7 Å².